The van der Waals surface area contributed by atoms with Gasteiger partial charge in [0.1, 0.15) is 0 Å². The van der Waals surface area contributed by atoms with Gasteiger partial charge in [0, 0.05) is 6.42 Å². The summed E-state index contributed by atoms with van der Waals surface area (Å²) in [4.78, 5) is 12.5. The highest BCUT2D eigenvalue weighted by Crippen LogP contribution is 2.29. The average molecular weight is 279 g/mol. The first-order chi connectivity index (χ1) is 10.2. The van der Waals surface area contributed by atoms with Gasteiger partial charge in [-0.05, 0) is 18.1 Å². The van der Waals surface area contributed by atoms with Crippen LogP contribution in [0.5, 0.6) is 0 Å². The molecule has 106 valence electrons. The van der Waals surface area contributed by atoms with E-state index in [0.29, 0.717) is 12.0 Å². The predicted molar refractivity (Wildman–Crippen MR) is 80.5 cm³/mol. The van der Waals surface area contributed by atoms with Crippen molar-refractivity contribution in [3.8, 4) is 6.07 Å². The lowest BCUT2D eigenvalue weighted by Gasteiger charge is -2.25. The lowest BCUT2D eigenvalue weighted by molar-refractivity contribution is -0.147. The zero-order valence-electron chi connectivity index (χ0n) is 12.0. The van der Waals surface area contributed by atoms with Gasteiger partial charge in [-0.15, -0.1) is 0 Å². The average Bonchev–Trinajstić information content (AvgIpc) is 2.54. The number of rotatable bonds is 5. The fourth-order valence-corrected chi connectivity index (χ4v) is 2.32. The summed E-state index contributed by atoms with van der Waals surface area (Å²) in [5.74, 6) is -0.498. The number of carbonyl (C=O) groups is 1. The molecule has 0 radical (unpaired) electrons. The van der Waals surface area contributed by atoms with E-state index in [-0.39, 0.29) is 6.61 Å². The summed E-state index contributed by atoms with van der Waals surface area (Å²) in [5, 5.41) is 9.74. The van der Waals surface area contributed by atoms with Crippen molar-refractivity contribution in [1.82, 2.24) is 0 Å². The molecule has 0 unspecified atom stereocenters. The summed E-state index contributed by atoms with van der Waals surface area (Å²) in [6.07, 6.45) is 0.299. The van der Waals surface area contributed by atoms with Crippen molar-refractivity contribution in [2.45, 2.75) is 18.8 Å². The molecule has 0 saturated heterocycles. The van der Waals surface area contributed by atoms with Crippen LogP contribution in [0.4, 0.5) is 0 Å². The van der Waals surface area contributed by atoms with Crippen LogP contribution in [0.2, 0.25) is 0 Å². The van der Waals surface area contributed by atoms with E-state index in [1.807, 2.05) is 48.5 Å². The Labute approximate surface area is 124 Å². The first-order valence-corrected chi connectivity index (χ1v) is 6.91. The quantitative estimate of drug-likeness (QED) is 0.789. The van der Waals surface area contributed by atoms with Gasteiger partial charge in [0.15, 0.2) is 5.41 Å². The van der Waals surface area contributed by atoms with Gasteiger partial charge < -0.3 is 4.74 Å². The van der Waals surface area contributed by atoms with E-state index < -0.39 is 11.4 Å². The van der Waals surface area contributed by atoms with Crippen LogP contribution >= 0.6 is 0 Å². The molecule has 2 aromatic rings. The molecule has 0 aliphatic rings. The molecular weight excluding hydrogens is 262 g/mol. The number of carbonyl (C=O) groups excluding carboxylic acids is 1. The molecule has 0 bridgehead atoms. The molecule has 0 heterocycles. The van der Waals surface area contributed by atoms with Crippen LogP contribution < -0.4 is 0 Å². The maximum atomic E-state index is 12.5. The molecule has 2 rings (SSSR count). The molecule has 0 amide bonds. The van der Waals surface area contributed by atoms with Gasteiger partial charge in [-0.2, -0.15) is 5.26 Å². The topological polar surface area (TPSA) is 50.1 Å². The van der Waals surface area contributed by atoms with Crippen LogP contribution in [0.1, 0.15) is 18.1 Å². The summed E-state index contributed by atoms with van der Waals surface area (Å²) in [7, 11) is 0. The number of hydrogen-bond donors (Lipinski definition) is 0. The molecule has 2 aromatic carbocycles. The second kappa shape index (κ2) is 6.71. The molecule has 1 atom stereocenters. The maximum Gasteiger partial charge on any atom is 0.331 e. The van der Waals surface area contributed by atoms with E-state index in [9.17, 15) is 10.1 Å². The van der Waals surface area contributed by atoms with Gasteiger partial charge in [-0.25, -0.2) is 4.79 Å². The predicted octanol–water partition coefficient (Wildman–Crippen LogP) is 3.25. The monoisotopic (exact) mass is 279 g/mol. The van der Waals surface area contributed by atoms with Crippen LogP contribution in [0.15, 0.2) is 60.7 Å². The van der Waals surface area contributed by atoms with E-state index in [1.54, 1.807) is 19.1 Å². The first kappa shape index (κ1) is 14.8. The molecular formula is C18H17NO2. The van der Waals surface area contributed by atoms with Crippen LogP contribution in [-0.4, -0.2) is 12.6 Å². The molecule has 3 nitrogen and oxygen atoms in total. The summed E-state index contributed by atoms with van der Waals surface area (Å²) < 4.78 is 5.16. The second-order valence-electron chi connectivity index (χ2n) is 4.77. The third kappa shape index (κ3) is 3.11. The number of ether oxygens (including phenoxy) is 1. The third-order valence-corrected chi connectivity index (χ3v) is 3.39. The molecule has 0 aromatic heterocycles. The Morgan fingerprint density at radius 3 is 2.19 bits per heavy atom. The molecule has 0 aliphatic carbocycles. The highest BCUT2D eigenvalue weighted by molar-refractivity contribution is 5.87. The van der Waals surface area contributed by atoms with E-state index in [0.717, 1.165) is 5.56 Å². The summed E-state index contributed by atoms with van der Waals surface area (Å²) in [5.41, 5.74) is 0.282. The number of hydrogen-bond acceptors (Lipinski definition) is 3. The Kier molecular flexibility index (Phi) is 4.73. The summed E-state index contributed by atoms with van der Waals surface area (Å²) >= 11 is 0. The van der Waals surface area contributed by atoms with E-state index in [2.05, 4.69) is 6.07 Å². The van der Waals surface area contributed by atoms with E-state index in [4.69, 9.17) is 4.74 Å². The minimum Gasteiger partial charge on any atom is -0.465 e. The number of esters is 1. The zero-order chi connectivity index (χ0) is 15.1. The van der Waals surface area contributed by atoms with Gasteiger partial charge in [0.05, 0.1) is 12.7 Å². The molecule has 0 saturated carbocycles. The standard InChI is InChI=1S/C18H17NO2/c1-2-21-17(20)18(14-19,16-11-7-4-8-12-16)13-15-9-5-3-6-10-15/h3-12H,2,13H2,1H3/t18-/m1/s1. The lowest BCUT2D eigenvalue weighted by atomic mass is 9.76. The second-order valence-corrected chi connectivity index (χ2v) is 4.77. The Bertz CT molecular complexity index is 631. The lowest BCUT2D eigenvalue weighted by Crippen LogP contribution is -2.38. The van der Waals surface area contributed by atoms with Crippen molar-refractivity contribution in [3.05, 3.63) is 71.8 Å². The van der Waals surface area contributed by atoms with Gasteiger partial charge in [-0.3, -0.25) is 0 Å². The normalized spacial score (nSPS) is 13.0. The van der Waals surface area contributed by atoms with Gasteiger partial charge in [0.2, 0.25) is 0 Å². The Morgan fingerprint density at radius 2 is 1.67 bits per heavy atom. The smallest absolute Gasteiger partial charge is 0.331 e. The molecule has 0 fully saturated rings. The zero-order valence-corrected chi connectivity index (χ0v) is 12.0. The van der Waals surface area contributed by atoms with Crippen LogP contribution in [0.3, 0.4) is 0 Å². The minimum absolute atomic E-state index is 0.254. The highest BCUT2D eigenvalue weighted by Gasteiger charge is 2.42. The molecule has 0 aliphatic heterocycles. The fraction of sp³-hybridized carbons (Fsp3) is 0.222. The van der Waals surface area contributed by atoms with Crippen molar-refractivity contribution < 1.29 is 9.53 Å². The SMILES string of the molecule is CCOC(=O)[C@@](C#N)(Cc1ccccc1)c1ccccc1. The van der Waals surface area contributed by atoms with Crippen molar-refractivity contribution in [2.24, 2.45) is 0 Å². The van der Waals surface area contributed by atoms with Crippen LogP contribution in [0, 0.1) is 11.3 Å². The Hall–Kier alpha value is -2.60. The first-order valence-electron chi connectivity index (χ1n) is 6.91. The summed E-state index contributed by atoms with van der Waals surface area (Å²) in [6, 6.07) is 20.8. The maximum absolute atomic E-state index is 12.5. The van der Waals surface area contributed by atoms with Crippen molar-refractivity contribution in [3.63, 3.8) is 0 Å². The van der Waals surface area contributed by atoms with Crippen molar-refractivity contribution in [2.75, 3.05) is 6.61 Å². The highest BCUT2D eigenvalue weighted by atomic mass is 16.5. The largest absolute Gasteiger partial charge is 0.465 e. The van der Waals surface area contributed by atoms with Crippen molar-refractivity contribution in [1.29, 1.82) is 5.26 Å². The fourth-order valence-electron chi connectivity index (χ4n) is 2.32. The van der Waals surface area contributed by atoms with Crippen LogP contribution in [-0.2, 0) is 21.4 Å². The number of benzene rings is 2. The van der Waals surface area contributed by atoms with Gasteiger partial charge >= 0.3 is 5.97 Å². The van der Waals surface area contributed by atoms with Gasteiger partial charge in [0.25, 0.3) is 0 Å². The Morgan fingerprint density at radius 1 is 1.10 bits per heavy atom. The summed E-state index contributed by atoms with van der Waals surface area (Å²) in [6.45, 7) is 2.00. The number of nitrogens with zero attached hydrogens (tertiary/aromatic N) is 1. The third-order valence-electron chi connectivity index (χ3n) is 3.39. The van der Waals surface area contributed by atoms with E-state index >= 15 is 0 Å². The van der Waals surface area contributed by atoms with Crippen molar-refractivity contribution >= 4 is 5.97 Å². The number of nitriles is 1. The molecule has 0 N–H and O–H groups in total. The van der Waals surface area contributed by atoms with Crippen LogP contribution in [0.25, 0.3) is 0 Å². The minimum atomic E-state index is -1.31. The molecule has 0 spiro atoms. The van der Waals surface area contributed by atoms with E-state index in [1.165, 1.54) is 0 Å². The molecule has 3 heteroatoms. The molecule has 21 heavy (non-hydrogen) atoms. The Balaban J connectivity index is 2.48. The van der Waals surface area contributed by atoms with Gasteiger partial charge in [-0.1, -0.05) is 60.7 Å².